The molecule has 0 aromatic rings. The van der Waals surface area contributed by atoms with E-state index in [0.29, 0.717) is 11.7 Å². The SMILES string of the molecule is O=C1C2=C(CCC2)C2=C3CC=CC[C@H]3C[C@@H]12. The van der Waals surface area contributed by atoms with E-state index >= 15 is 0 Å². The predicted molar refractivity (Wildman–Crippen MR) is 62.9 cm³/mol. The van der Waals surface area contributed by atoms with Crippen LogP contribution in [0.3, 0.4) is 0 Å². The first kappa shape index (κ1) is 8.98. The van der Waals surface area contributed by atoms with E-state index < -0.39 is 0 Å². The lowest BCUT2D eigenvalue weighted by Gasteiger charge is -2.17. The van der Waals surface area contributed by atoms with Gasteiger partial charge in [0.15, 0.2) is 5.78 Å². The smallest absolute Gasteiger partial charge is 0.166 e. The molecule has 0 unspecified atom stereocenters. The van der Waals surface area contributed by atoms with Crippen LogP contribution in [0.25, 0.3) is 0 Å². The highest BCUT2D eigenvalue weighted by Gasteiger charge is 2.46. The highest BCUT2D eigenvalue weighted by molar-refractivity contribution is 6.06. The highest BCUT2D eigenvalue weighted by Crippen LogP contribution is 2.54. The number of rotatable bonds is 0. The van der Waals surface area contributed by atoms with Crippen molar-refractivity contribution in [3.05, 3.63) is 34.4 Å². The second kappa shape index (κ2) is 2.97. The largest absolute Gasteiger partial charge is 0.294 e. The van der Waals surface area contributed by atoms with Gasteiger partial charge in [-0.1, -0.05) is 17.7 Å². The number of hydrogen-bond donors (Lipinski definition) is 0. The number of fused-ring (bicyclic) bond motifs is 3. The molecule has 0 N–H and O–H groups in total. The van der Waals surface area contributed by atoms with Crippen molar-refractivity contribution in [2.75, 3.05) is 0 Å². The molecule has 0 aromatic carbocycles. The first-order valence-corrected chi connectivity index (χ1v) is 6.51. The molecule has 0 amide bonds. The van der Waals surface area contributed by atoms with Gasteiger partial charge in [-0.2, -0.15) is 0 Å². The maximum Gasteiger partial charge on any atom is 0.166 e. The van der Waals surface area contributed by atoms with Crippen LogP contribution in [0.15, 0.2) is 34.4 Å². The van der Waals surface area contributed by atoms with Gasteiger partial charge in [-0.15, -0.1) is 0 Å². The number of hydrogen-bond acceptors (Lipinski definition) is 1. The lowest BCUT2D eigenvalue weighted by Crippen LogP contribution is -2.11. The van der Waals surface area contributed by atoms with Gasteiger partial charge in [0.05, 0.1) is 0 Å². The Morgan fingerprint density at radius 2 is 2.00 bits per heavy atom. The second-order valence-electron chi connectivity index (χ2n) is 5.51. The molecule has 0 aromatic heterocycles. The summed E-state index contributed by atoms with van der Waals surface area (Å²) in [4.78, 5) is 12.3. The lowest BCUT2D eigenvalue weighted by molar-refractivity contribution is -0.117. The van der Waals surface area contributed by atoms with E-state index in [1.54, 1.807) is 5.57 Å². The molecular formula is C15H16O. The van der Waals surface area contributed by atoms with Crippen LogP contribution < -0.4 is 0 Å². The van der Waals surface area contributed by atoms with Crippen molar-refractivity contribution in [1.29, 1.82) is 0 Å². The maximum absolute atomic E-state index is 12.3. The molecule has 4 aliphatic rings. The molecule has 1 nitrogen and oxygen atoms in total. The lowest BCUT2D eigenvalue weighted by atomic mass is 9.88. The van der Waals surface area contributed by atoms with Crippen molar-refractivity contribution >= 4 is 5.78 Å². The van der Waals surface area contributed by atoms with Gasteiger partial charge in [0.1, 0.15) is 0 Å². The van der Waals surface area contributed by atoms with Crippen molar-refractivity contribution in [3.8, 4) is 0 Å². The Morgan fingerprint density at radius 1 is 1.12 bits per heavy atom. The molecule has 4 rings (SSSR count). The number of allylic oxidation sites excluding steroid dienone is 6. The van der Waals surface area contributed by atoms with Crippen LogP contribution in [-0.4, -0.2) is 5.78 Å². The third-order valence-corrected chi connectivity index (χ3v) is 4.79. The zero-order valence-electron chi connectivity index (χ0n) is 9.46. The van der Waals surface area contributed by atoms with Crippen LogP contribution in [-0.2, 0) is 4.79 Å². The fraction of sp³-hybridized carbons (Fsp3) is 0.533. The number of ketones is 1. The summed E-state index contributed by atoms with van der Waals surface area (Å²) < 4.78 is 0. The standard InChI is InChI=1S/C15H16O/c16-15-12-7-3-6-11(12)14-10-5-2-1-4-9(10)8-13(14)15/h1-2,9,13H,3-8H2/t9-,13+/m0/s1. The van der Waals surface area contributed by atoms with Gasteiger partial charge in [-0.3, -0.25) is 4.79 Å². The van der Waals surface area contributed by atoms with Gasteiger partial charge in [-0.25, -0.2) is 0 Å². The second-order valence-corrected chi connectivity index (χ2v) is 5.51. The van der Waals surface area contributed by atoms with Crippen molar-refractivity contribution in [2.24, 2.45) is 11.8 Å². The highest BCUT2D eigenvalue weighted by atomic mass is 16.1. The molecule has 4 aliphatic carbocycles. The minimum absolute atomic E-state index is 0.283. The van der Waals surface area contributed by atoms with Crippen LogP contribution in [0, 0.1) is 11.8 Å². The minimum Gasteiger partial charge on any atom is -0.294 e. The van der Waals surface area contributed by atoms with Gasteiger partial charge in [-0.05, 0) is 61.2 Å². The maximum atomic E-state index is 12.3. The van der Waals surface area contributed by atoms with E-state index in [-0.39, 0.29) is 5.92 Å². The van der Waals surface area contributed by atoms with Gasteiger partial charge in [0.25, 0.3) is 0 Å². The van der Waals surface area contributed by atoms with E-state index in [2.05, 4.69) is 12.2 Å². The molecule has 0 fully saturated rings. The van der Waals surface area contributed by atoms with E-state index in [9.17, 15) is 4.79 Å². The van der Waals surface area contributed by atoms with Gasteiger partial charge < -0.3 is 0 Å². The van der Waals surface area contributed by atoms with Crippen molar-refractivity contribution in [3.63, 3.8) is 0 Å². The topological polar surface area (TPSA) is 17.1 Å². The summed E-state index contributed by atoms with van der Waals surface area (Å²) in [5, 5.41) is 0. The summed E-state index contributed by atoms with van der Waals surface area (Å²) in [6, 6.07) is 0. The summed E-state index contributed by atoms with van der Waals surface area (Å²) >= 11 is 0. The van der Waals surface area contributed by atoms with Crippen molar-refractivity contribution < 1.29 is 4.79 Å². The normalized spacial score (nSPS) is 35.9. The third kappa shape index (κ3) is 0.946. The summed E-state index contributed by atoms with van der Waals surface area (Å²) in [6.45, 7) is 0. The fourth-order valence-corrected chi connectivity index (χ4v) is 4.14. The van der Waals surface area contributed by atoms with E-state index in [1.165, 1.54) is 36.0 Å². The number of carbonyl (C=O) groups is 1. The van der Waals surface area contributed by atoms with Crippen LogP contribution >= 0.6 is 0 Å². The Morgan fingerprint density at radius 3 is 2.94 bits per heavy atom. The van der Waals surface area contributed by atoms with Crippen LogP contribution in [0.2, 0.25) is 0 Å². The minimum atomic E-state index is 0.283. The van der Waals surface area contributed by atoms with Crippen molar-refractivity contribution in [1.82, 2.24) is 0 Å². The summed E-state index contributed by atoms with van der Waals surface area (Å²) in [5.74, 6) is 1.47. The van der Waals surface area contributed by atoms with Gasteiger partial charge >= 0.3 is 0 Å². The van der Waals surface area contributed by atoms with E-state index in [1.807, 2.05) is 0 Å². The molecule has 1 heteroatoms. The molecule has 0 saturated heterocycles. The molecule has 16 heavy (non-hydrogen) atoms. The van der Waals surface area contributed by atoms with Gasteiger partial charge in [0, 0.05) is 5.92 Å². The quantitative estimate of drug-likeness (QED) is 0.563. The molecule has 0 bridgehead atoms. The average molecular weight is 212 g/mol. The Labute approximate surface area is 95.9 Å². The van der Waals surface area contributed by atoms with Crippen molar-refractivity contribution in [2.45, 2.75) is 38.5 Å². The van der Waals surface area contributed by atoms with Gasteiger partial charge in [0.2, 0.25) is 0 Å². The fourth-order valence-electron chi connectivity index (χ4n) is 4.14. The molecule has 0 radical (unpaired) electrons. The monoisotopic (exact) mass is 212 g/mol. The Balaban J connectivity index is 1.89. The number of carbonyl (C=O) groups excluding carboxylic acids is 1. The number of Topliss-reactive ketones (excluding diaryl/α,β-unsaturated/α-hetero) is 1. The van der Waals surface area contributed by atoms with Crippen LogP contribution in [0.5, 0.6) is 0 Å². The Bertz CT molecular complexity index is 476. The predicted octanol–water partition coefficient (Wildman–Crippen LogP) is 3.33. The Kier molecular flexibility index (Phi) is 1.66. The summed E-state index contributed by atoms with van der Waals surface area (Å²) in [5.41, 5.74) is 5.81. The Hall–Kier alpha value is -1.11. The van der Waals surface area contributed by atoms with Crippen LogP contribution in [0.4, 0.5) is 0 Å². The van der Waals surface area contributed by atoms with E-state index in [0.717, 1.165) is 19.3 Å². The molecule has 0 heterocycles. The first-order chi connectivity index (χ1) is 7.86. The zero-order valence-corrected chi connectivity index (χ0v) is 9.46. The zero-order chi connectivity index (χ0) is 10.7. The molecule has 0 saturated carbocycles. The molecule has 0 aliphatic heterocycles. The summed E-state index contributed by atoms with van der Waals surface area (Å²) in [6.07, 6.45) is 11.4. The first-order valence-electron chi connectivity index (χ1n) is 6.51. The average Bonchev–Trinajstić information content (AvgIpc) is 2.94. The molecule has 2 atom stereocenters. The third-order valence-electron chi connectivity index (χ3n) is 4.79. The molecular weight excluding hydrogens is 196 g/mol. The summed E-state index contributed by atoms with van der Waals surface area (Å²) in [7, 11) is 0. The molecule has 0 spiro atoms. The van der Waals surface area contributed by atoms with E-state index in [4.69, 9.17) is 0 Å². The van der Waals surface area contributed by atoms with Crippen LogP contribution in [0.1, 0.15) is 38.5 Å². The molecule has 82 valence electrons.